The van der Waals surface area contributed by atoms with Crippen molar-refractivity contribution in [1.29, 1.82) is 0 Å². The standard InChI is InChI=1S/C26H39NO14/c1-11(28)27-17-20(35-14(4)31)18(34-13(3)30)15(9-32-12(2)29)36-23(17)33-10-16-19-21(39-25(5,6)38-19)22-24(37-16)41-26(7,8)40-22/h15-24H,9-10H2,1-8H3,(H,27,28)/t15-,16-,17-,18+,19+,20-,21+,22-,23-,24-/m1/s1. The summed E-state index contributed by atoms with van der Waals surface area (Å²) in [6, 6.07) is -1.12. The number of esters is 3. The lowest BCUT2D eigenvalue weighted by Crippen LogP contribution is -2.67. The molecule has 0 aliphatic carbocycles. The average Bonchev–Trinajstić information content (AvgIpc) is 3.32. The lowest BCUT2D eigenvalue weighted by Gasteiger charge is -2.45. The van der Waals surface area contributed by atoms with Crippen LogP contribution in [0.15, 0.2) is 0 Å². The third-order valence-corrected chi connectivity index (χ3v) is 6.75. The van der Waals surface area contributed by atoms with E-state index in [9.17, 15) is 19.2 Å². The molecule has 15 nitrogen and oxygen atoms in total. The van der Waals surface area contributed by atoms with Gasteiger partial charge < -0.3 is 52.7 Å². The number of hydrogen-bond acceptors (Lipinski definition) is 14. The molecular formula is C26H39NO14. The number of rotatable bonds is 8. The molecule has 0 bridgehead atoms. The largest absolute Gasteiger partial charge is 0.463 e. The number of hydrogen-bond donors (Lipinski definition) is 1. The Morgan fingerprint density at radius 2 is 1.27 bits per heavy atom. The van der Waals surface area contributed by atoms with Gasteiger partial charge in [-0.3, -0.25) is 19.2 Å². The van der Waals surface area contributed by atoms with E-state index >= 15 is 0 Å². The van der Waals surface area contributed by atoms with E-state index in [0.29, 0.717) is 0 Å². The first-order chi connectivity index (χ1) is 19.0. The van der Waals surface area contributed by atoms with E-state index < -0.39 is 96.7 Å². The second kappa shape index (κ2) is 12.1. The van der Waals surface area contributed by atoms with Crippen LogP contribution >= 0.6 is 0 Å². The van der Waals surface area contributed by atoms with E-state index in [-0.39, 0.29) is 13.2 Å². The highest BCUT2D eigenvalue weighted by molar-refractivity contribution is 5.73. The molecule has 0 unspecified atom stereocenters. The van der Waals surface area contributed by atoms with Crippen LogP contribution in [0.1, 0.15) is 55.4 Å². The number of carbonyl (C=O) groups excluding carboxylic acids is 4. The molecule has 41 heavy (non-hydrogen) atoms. The Kier molecular flexibility index (Phi) is 9.28. The van der Waals surface area contributed by atoms with Crippen molar-refractivity contribution in [3.05, 3.63) is 0 Å². The molecule has 1 amide bonds. The fourth-order valence-electron chi connectivity index (χ4n) is 5.45. The van der Waals surface area contributed by atoms with E-state index in [2.05, 4.69) is 5.32 Å². The van der Waals surface area contributed by atoms with Crippen LogP contribution in [0.5, 0.6) is 0 Å². The minimum Gasteiger partial charge on any atom is -0.463 e. The van der Waals surface area contributed by atoms with Crippen LogP contribution < -0.4 is 5.32 Å². The summed E-state index contributed by atoms with van der Waals surface area (Å²) in [7, 11) is 0. The second-order valence-corrected chi connectivity index (χ2v) is 11.3. The van der Waals surface area contributed by atoms with Crippen molar-refractivity contribution >= 4 is 23.8 Å². The summed E-state index contributed by atoms with van der Waals surface area (Å²) >= 11 is 0. The van der Waals surface area contributed by atoms with E-state index in [4.69, 9.17) is 47.4 Å². The van der Waals surface area contributed by atoms with Crippen molar-refractivity contribution in [2.75, 3.05) is 13.2 Å². The van der Waals surface area contributed by atoms with Gasteiger partial charge in [-0.05, 0) is 27.7 Å². The van der Waals surface area contributed by atoms with Crippen LogP contribution in [-0.4, -0.2) is 110 Å². The Balaban J connectivity index is 1.59. The first kappa shape index (κ1) is 31.5. The van der Waals surface area contributed by atoms with Crippen molar-refractivity contribution in [3.63, 3.8) is 0 Å². The van der Waals surface area contributed by atoms with Crippen molar-refractivity contribution in [2.24, 2.45) is 0 Å². The normalized spacial score (nSPS) is 38.7. The molecule has 15 heteroatoms. The van der Waals surface area contributed by atoms with Crippen molar-refractivity contribution < 1.29 is 66.5 Å². The summed E-state index contributed by atoms with van der Waals surface area (Å²) in [5.74, 6) is -4.37. The Morgan fingerprint density at radius 1 is 0.683 bits per heavy atom. The zero-order chi connectivity index (χ0) is 30.3. The molecule has 4 heterocycles. The molecule has 4 fully saturated rings. The molecular weight excluding hydrogens is 550 g/mol. The van der Waals surface area contributed by atoms with Crippen molar-refractivity contribution in [2.45, 2.75) is 128 Å². The molecule has 0 aromatic rings. The molecule has 10 atom stereocenters. The van der Waals surface area contributed by atoms with Gasteiger partial charge in [-0.15, -0.1) is 0 Å². The summed E-state index contributed by atoms with van der Waals surface area (Å²) in [5, 5.41) is 2.66. The van der Waals surface area contributed by atoms with Crippen LogP contribution in [-0.2, 0) is 66.5 Å². The number of fused-ring (bicyclic) bond motifs is 3. The molecule has 4 aliphatic heterocycles. The highest BCUT2D eigenvalue weighted by Gasteiger charge is 2.61. The number of ether oxygens (including phenoxy) is 10. The molecule has 232 valence electrons. The van der Waals surface area contributed by atoms with Crippen LogP contribution in [0.4, 0.5) is 0 Å². The zero-order valence-electron chi connectivity index (χ0n) is 24.4. The minimum absolute atomic E-state index is 0.139. The van der Waals surface area contributed by atoms with Gasteiger partial charge in [-0.25, -0.2) is 0 Å². The lowest BCUT2D eigenvalue weighted by atomic mass is 9.95. The summed E-state index contributed by atoms with van der Waals surface area (Å²) in [5.41, 5.74) is 0. The smallest absolute Gasteiger partial charge is 0.303 e. The molecule has 4 rings (SSSR count). The highest BCUT2D eigenvalue weighted by atomic mass is 16.9. The second-order valence-electron chi connectivity index (χ2n) is 11.3. The predicted octanol–water partition coefficient (Wildman–Crippen LogP) is 0.0556. The maximum absolute atomic E-state index is 12.2. The topological polar surface area (TPSA) is 173 Å². The summed E-state index contributed by atoms with van der Waals surface area (Å²) in [4.78, 5) is 47.8. The maximum atomic E-state index is 12.2. The molecule has 4 aliphatic rings. The summed E-state index contributed by atoms with van der Waals surface area (Å²) < 4.78 is 58.7. The Hall–Kier alpha value is -2.40. The number of amides is 1. The Bertz CT molecular complexity index is 1020. The van der Waals surface area contributed by atoms with Gasteiger partial charge in [0.15, 0.2) is 36.4 Å². The molecule has 0 saturated carbocycles. The first-order valence-corrected chi connectivity index (χ1v) is 13.4. The molecule has 4 saturated heterocycles. The predicted molar refractivity (Wildman–Crippen MR) is 132 cm³/mol. The number of carbonyl (C=O) groups is 4. The van der Waals surface area contributed by atoms with Gasteiger partial charge in [-0.2, -0.15) is 0 Å². The first-order valence-electron chi connectivity index (χ1n) is 13.4. The van der Waals surface area contributed by atoms with Gasteiger partial charge in [0.05, 0.1) is 6.61 Å². The SMILES string of the molecule is CC(=O)N[C@H]1[C@H](OC[C@H]2O[C@@H]3OC(C)(C)O[C@@H]3[C@H]3OC(C)(C)O[C@H]32)O[C@H](COC(C)=O)[C@H](OC(C)=O)[C@@H]1OC(C)=O. The van der Waals surface area contributed by atoms with Gasteiger partial charge in [0.25, 0.3) is 0 Å². The highest BCUT2D eigenvalue weighted by Crippen LogP contribution is 2.44. The van der Waals surface area contributed by atoms with Crippen molar-refractivity contribution in [3.8, 4) is 0 Å². The van der Waals surface area contributed by atoms with Gasteiger partial charge >= 0.3 is 17.9 Å². The third-order valence-electron chi connectivity index (χ3n) is 6.75. The fourth-order valence-corrected chi connectivity index (χ4v) is 5.45. The maximum Gasteiger partial charge on any atom is 0.303 e. The fraction of sp³-hybridized carbons (Fsp3) is 0.846. The molecule has 0 aromatic heterocycles. The van der Waals surface area contributed by atoms with Gasteiger partial charge in [-0.1, -0.05) is 0 Å². The molecule has 0 spiro atoms. The Morgan fingerprint density at radius 3 is 1.88 bits per heavy atom. The molecule has 1 N–H and O–H groups in total. The molecule has 0 aromatic carbocycles. The minimum atomic E-state index is -1.26. The van der Waals surface area contributed by atoms with E-state index in [1.807, 2.05) is 0 Å². The Labute approximate surface area is 237 Å². The van der Waals surface area contributed by atoms with Crippen LogP contribution in [0.2, 0.25) is 0 Å². The van der Waals surface area contributed by atoms with E-state index in [1.165, 1.54) is 20.8 Å². The number of nitrogens with one attached hydrogen (secondary N) is 1. The van der Waals surface area contributed by atoms with E-state index in [0.717, 1.165) is 6.92 Å². The van der Waals surface area contributed by atoms with Gasteiger partial charge in [0, 0.05) is 27.7 Å². The van der Waals surface area contributed by atoms with Crippen LogP contribution in [0.25, 0.3) is 0 Å². The van der Waals surface area contributed by atoms with Crippen LogP contribution in [0, 0.1) is 0 Å². The third kappa shape index (κ3) is 7.52. The monoisotopic (exact) mass is 589 g/mol. The average molecular weight is 590 g/mol. The quantitative estimate of drug-likeness (QED) is 0.297. The van der Waals surface area contributed by atoms with E-state index in [1.54, 1.807) is 27.7 Å². The lowest BCUT2D eigenvalue weighted by molar-refractivity contribution is -0.296. The van der Waals surface area contributed by atoms with Crippen molar-refractivity contribution in [1.82, 2.24) is 5.32 Å². The van der Waals surface area contributed by atoms with Gasteiger partial charge in [0.2, 0.25) is 5.91 Å². The van der Waals surface area contributed by atoms with Gasteiger partial charge in [0.1, 0.15) is 43.2 Å². The zero-order valence-corrected chi connectivity index (χ0v) is 24.4. The molecule has 0 radical (unpaired) electrons. The van der Waals surface area contributed by atoms with Crippen LogP contribution in [0.3, 0.4) is 0 Å². The summed E-state index contributed by atoms with van der Waals surface area (Å²) in [6.07, 6.45) is -8.03. The summed E-state index contributed by atoms with van der Waals surface area (Å²) in [6.45, 7) is 11.4.